The van der Waals surface area contributed by atoms with E-state index in [1.807, 2.05) is 6.07 Å². The molecule has 20 heavy (non-hydrogen) atoms. The van der Waals surface area contributed by atoms with Gasteiger partial charge in [0.1, 0.15) is 0 Å². The number of benzene rings is 1. The van der Waals surface area contributed by atoms with E-state index in [-0.39, 0.29) is 0 Å². The first kappa shape index (κ1) is 14.0. The Balaban J connectivity index is 1.76. The monoisotopic (exact) mass is 290 g/mol. The summed E-state index contributed by atoms with van der Waals surface area (Å²) in [4.78, 5) is 0. The minimum absolute atomic E-state index is 0.390. The number of nitrogens with one attached hydrogen (secondary N) is 2. The third-order valence-corrected chi connectivity index (χ3v) is 4.65. The average Bonchev–Trinajstić information content (AvgIpc) is 3.28. The van der Waals surface area contributed by atoms with Crippen molar-refractivity contribution < 1.29 is 0 Å². The minimum atomic E-state index is 0.390. The van der Waals surface area contributed by atoms with Crippen molar-refractivity contribution in [3.05, 3.63) is 41.1 Å². The van der Waals surface area contributed by atoms with Crippen LogP contribution in [0.2, 0.25) is 5.02 Å². The predicted octanol–water partition coefficient (Wildman–Crippen LogP) is 4.88. The molecular formula is C17H23ClN2. The van der Waals surface area contributed by atoms with Crippen LogP contribution in [-0.2, 0) is 0 Å². The minimum Gasteiger partial charge on any atom is -0.359 e. The lowest BCUT2D eigenvalue weighted by Crippen LogP contribution is -2.20. The van der Waals surface area contributed by atoms with E-state index in [0.29, 0.717) is 12.0 Å². The summed E-state index contributed by atoms with van der Waals surface area (Å²) in [5, 5.41) is 7.93. The van der Waals surface area contributed by atoms with Gasteiger partial charge >= 0.3 is 0 Å². The van der Waals surface area contributed by atoms with Crippen LogP contribution < -0.4 is 10.6 Å². The van der Waals surface area contributed by atoms with Crippen LogP contribution in [0.25, 0.3) is 0 Å². The van der Waals surface area contributed by atoms with Crippen LogP contribution >= 0.6 is 11.6 Å². The lowest BCUT2D eigenvalue weighted by atomic mass is 10.0. The van der Waals surface area contributed by atoms with Gasteiger partial charge in [-0.15, -0.1) is 0 Å². The zero-order chi connectivity index (χ0) is 13.9. The molecule has 0 spiro atoms. The van der Waals surface area contributed by atoms with Gasteiger partial charge in [-0.3, -0.25) is 0 Å². The highest BCUT2D eigenvalue weighted by molar-refractivity contribution is 6.31. The largest absolute Gasteiger partial charge is 0.359 e. The van der Waals surface area contributed by atoms with Crippen molar-refractivity contribution in [2.45, 2.75) is 44.6 Å². The van der Waals surface area contributed by atoms with Gasteiger partial charge in [-0.05, 0) is 61.9 Å². The van der Waals surface area contributed by atoms with Crippen LogP contribution in [0.4, 0.5) is 5.69 Å². The second kappa shape index (κ2) is 6.19. The lowest BCUT2D eigenvalue weighted by Gasteiger charge is -2.19. The van der Waals surface area contributed by atoms with E-state index in [0.717, 1.165) is 23.0 Å². The number of halogens is 1. The van der Waals surface area contributed by atoms with Gasteiger partial charge in [-0.2, -0.15) is 0 Å². The van der Waals surface area contributed by atoms with Crippen LogP contribution in [-0.4, -0.2) is 6.54 Å². The SMILES string of the molecule is C=C(Nc1ccc(Cl)c(C2CCCCCN2)c1)C1CC1. The Morgan fingerprint density at radius 2 is 2.05 bits per heavy atom. The maximum atomic E-state index is 6.40. The Labute approximate surface area is 126 Å². The molecule has 1 aliphatic heterocycles. The molecule has 2 nitrogen and oxygen atoms in total. The molecule has 1 aromatic rings. The van der Waals surface area contributed by atoms with Crippen molar-refractivity contribution in [3.8, 4) is 0 Å². The fraction of sp³-hybridized carbons (Fsp3) is 0.529. The topological polar surface area (TPSA) is 24.1 Å². The zero-order valence-corrected chi connectivity index (χ0v) is 12.7. The summed E-state index contributed by atoms with van der Waals surface area (Å²) in [5.74, 6) is 0.671. The summed E-state index contributed by atoms with van der Waals surface area (Å²) < 4.78 is 0. The summed E-state index contributed by atoms with van der Waals surface area (Å²) in [6, 6.07) is 6.64. The molecule has 1 saturated carbocycles. The summed E-state index contributed by atoms with van der Waals surface area (Å²) in [5.41, 5.74) is 3.49. The Hall–Kier alpha value is -0.990. The van der Waals surface area contributed by atoms with E-state index in [2.05, 4.69) is 29.3 Å². The lowest BCUT2D eigenvalue weighted by molar-refractivity contribution is 0.535. The van der Waals surface area contributed by atoms with Crippen LogP contribution in [0.5, 0.6) is 0 Å². The quantitative estimate of drug-likeness (QED) is 0.826. The molecule has 2 fully saturated rings. The van der Waals surface area contributed by atoms with Gasteiger partial charge in [0.05, 0.1) is 0 Å². The molecule has 1 atom stereocenters. The van der Waals surface area contributed by atoms with E-state index < -0.39 is 0 Å². The highest BCUT2D eigenvalue weighted by atomic mass is 35.5. The molecule has 2 N–H and O–H groups in total. The van der Waals surface area contributed by atoms with Gasteiger partial charge < -0.3 is 10.6 Å². The molecule has 1 saturated heterocycles. The first-order valence-electron chi connectivity index (χ1n) is 7.72. The van der Waals surface area contributed by atoms with E-state index in [9.17, 15) is 0 Å². The molecule has 0 aromatic heterocycles. The van der Waals surface area contributed by atoms with Crippen molar-refractivity contribution in [1.29, 1.82) is 0 Å². The van der Waals surface area contributed by atoms with Gasteiger partial charge in [0.15, 0.2) is 0 Å². The van der Waals surface area contributed by atoms with Crippen LogP contribution in [0.1, 0.15) is 50.1 Å². The molecule has 108 valence electrons. The average molecular weight is 291 g/mol. The highest BCUT2D eigenvalue weighted by Gasteiger charge is 2.25. The van der Waals surface area contributed by atoms with E-state index in [4.69, 9.17) is 11.6 Å². The first-order valence-corrected chi connectivity index (χ1v) is 8.10. The van der Waals surface area contributed by atoms with E-state index in [1.165, 1.54) is 44.1 Å². The van der Waals surface area contributed by atoms with Crippen molar-refractivity contribution in [2.75, 3.05) is 11.9 Å². The third-order valence-electron chi connectivity index (χ3n) is 4.31. The van der Waals surface area contributed by atoms with Gasteiger partial charge in [0.2, 0.25) is 0 Å². The summed E-state index contributed by atoms with van der Waals surface area (Å²) in [6.07, 6.45) is 7.59. The zero-order valence-electron chi connectivity index (χ0n) is 11.9. The molecular weight excluding hydrogens is 268 g/mol. The fourth-order valence-electron chi connectivity index (χ4n) is 2.90. The predicted molar refractivity (Wildman–Crippen MR) is 86.2 cm³/mol. The van der Waals surface area contributed by atoms with Gasteiger partial charge in [-0.25, -0.2) is 0 Å². The maximum Gasteiger partial charge on any atom is 0.0455 e. The second-order valence-corrected chi connectivity index (χ2v) is 6.42. The Morgan fingerprint density at radius 3 is 2.85 bits per heavy atom. The fourth-order valence-corrected chi connectivity index (χ4v) is 3.15. The normalized spacial score (nSPS) is 23.1. The van der Waals surface area contributed by atoms with Crippen molar-refractivity contribution in [3.63, 3.8) is 0 Å². The number of hydrogen-bond acceptors (Lipinski definition) is 2. The standard InChI is InChI=1S/C17H23ClN2/c1-12(13-6-7-13)20-14-8-9-16(18)15(11-14)17-5-3-2-4-10-19-17/h8-9,11,13,17,19-20H,1-7,10H2. The maximum absolute atomic E-state index is 6.40. The Kier molecular flexibility index (Phi) is 4.32. The molecule has 1 aromatic carbocycles. The van der Waals surface area contributed by atoms with Gasteiger partial charge in [0, 0.05) is 22.4 Å². The molecule has 1 unspecified atom stereocenters. The van der Waals surface area contributed by atoms with Crippen LogP contribution in [0.15, 0.2) is 30.5 Å². The Morgan fingerprint density at radius 1 is 1.20 bits per heavy atom. The highest BCUT2D eigenvalue weighted by Crippen LogP contribution is 2.37. The molecule has 3 heteroatoms. The summed E-state index contributed by atoms with van der Waals surface area (Å²) in [6.45, 7) is 5.22. The molecule has 1 aliphatic carbocycles. The number of hydrogen-bond donors (Lipinski definition) is 2. The molecule has 0 radical (unpaired) electrons. The summed E-state index contributed by atoms with van der Waals surface area (Å²) in [7, 11) is 0. The van der Waals surface area contributed by atoms with Crippen LogP contribution in [0.3, 0.4) is 0 Å². The van der Waals surface area contributed by atoms with Crippen molar-refractivity contribution in [1.82, 2.24) is 5.32 Å². The number of rotatable bonds is 4. The van der Waals surface area contributed by atoms with E-state index in [1.54, 1.807) is 0 Å². The molecule has 0 amide bonds. The summed E-state index contributed by atoms with van der Waals surface area (Å²) >= 11 is 6.40. The van der Waals surface area contributed by atoms with E-state index >= 15 is 0 Å². The first-order chi connectivity index (χ1) is 9.74. The van der Waals surface area contributed by atoms with Crippen molar-refractivity contribution in [2.24, 2.45) is 5.92 Å². The number of allylic oxidation sites excluding steroid dienone is 1. The molecule has 0 bridgehead atoms. The molecule has 1 heterocycles. The van der Waals surface area contributed by atoms with Crippen LogP contribution in [0, 0.1) is 5.92 Å². The molecule has 3 rings (SSSR count). The smallest absolute Gasteiger partial charge is 0.0455 e. The molecule has 2 aliphatic rings. The van der Waals surface area contributed by atoms with Crippen molar-refractivity contribution >= 4 is 17.3 Å². The third kappa shape index (κ3) is 3.36. The van der Waals surface area contributed by atoms with Gasteiger partial charge in [-0.1, -0.05) is 31.0 Å². The Bertz CT molecular complexity index is 486. The second-order valence-electron chi connectivity index (χ2n) is 6.02. The van der Waals surface area contributed by atoms with Gasteiger partial charge in [0.25, 0.3) is 0 Å². The number of anilines is 1.